The van der Waals surface area contributed by atoms with E-state index in [1.54, 1.807) is 13.0 Å². The summed E-state index contributed by atoms with van der Waals surface area (Å²) in [6.45, 7) is 1.91. The maximum absolute atomic E-state index is 13.2. The average molecular weight is 338 g/mol. The maximum atomic E-state index is 13.2. The Hall–Kier alpha value is -2.41. The Bertz CT molecular complexity index is 777. The zero-order valence-corrected chi connectivity index (χ0v) is 12.9. The number of nitrogens with one attached hydrogen (secondary N) is 1. The molecule has 3 rings (SSSR count). The molecular weight excluding hydrogens is 325 g/mol. The minimum Gasteiger partial charge on any atom is -0.360 e. The van der Waals surface area contributed by atoms with Crippen LogP contribution in [0.15, 0.2) is 28.8 Å². The summed E-state index contributed by atoms with van der Waals surface area (Å²) in [6.07, 6.45) is 0.0671. The number of nitrogens with zero attached hydrogens (tertiary/aromatic N) is 2. The van der Waals surface area contributed by atoms with E-state index in [2.05, 4.69) is 10.5 Å². The van der Waals surface area contributed by atoms with Gasteiger partial charge in [-0.25, -0.2) is 4.39 Å². The number of rotatable bonds is 3. The predicted octanol–water partition coefficient (Wildman–Crippen LogP) is 2.77. The first kappa shape index (κ1) is 15.5. The summed E-state index contributed by atoms with van der Waals surface area (Å²) >= 11 is 5.74. The summed E-state index contributed by atoms with van der Waals surface area (Å²) in [5.74, 6) is -0.735. The van der Waals surface area contributed by atoms with E-state index in [0.29, 0.717) is 17.3 Å². The number of aromatic nitrogens is 1. The number of hydrogen-bond donors (Lipinski definition) is 1. The van der Waals surface area contributed by atoms with Gasteiger partial charge in [0, 0.05) is 24.7 Å². The molecule has 8 heteroatoms. The molecule has 1 aliphatic rings. The van der Waals surface area contributed by atoms with E-state index in [1.807, 2.05) is 0 Å². The van der Waals surface area contributed by atoms with Crippen molar-refractivity contribution in [3.05, 3.63) is 40.9 Å². The molecule has 1 atom stereocenters. The van der Waals surface area contributed by atoms with Gasteiger partial charge in [0.15, 0.2) is 5.82 Å². The second-order valence-electron chi connectivity index (χ2n) is 5.32. The van der Waals surface area contributed by atoms with Crippen LogP contribution < -0.4 is 10.2 Å². The molecule has 2 heterocycles. The van der Waals surface area contributed by atoms with Crippen LogP contribution in [0.25, 0.3) is 0 Å². The second kappa shape index (κ2) is 6.00. The third-order valence-corrected chi connectivity index (χ3v) is 3.88. The van der Waals surface area contributed by atoms with Crippen LogP contribution in [0.2, 0.25) is 5.02 Å². The van der Waals surface area contributed by atoms with E-state index in [-0.39, 0.29) is 29.8 Å². The summed E-state index contributed by atoms with van der Waals surface area (Å²) in [5, 5.41) is 6.22. The Morgan fingerprint density at radius 1 is 1.48 bits per heavy atom. The zero-order chi connectivity index (χ0) is 16.6. The van der Waals surface area contributed by atoms with Gasteiger partial charge in [-0.15, -0.1) is 0 Å². The average Bonchev–Trinajstić information content (AvgIpc) is 3.08. The Labute approximate surface area is 136 Å². The van der Waals surface area contributed by atoms with Gasteiger partial charge in [-0.3, -0.25) is 9.59 Å². The van der Waals surface area contributed by atoms with Crippen molar-refractivity contribution in [2.75, 3.05) is 16.8 Å². The van der Waals surface area contributed by atoms with Gasteiger partial charge in [0.1, 0.15) is 11.6 Å². The van der Waals surface area contributed by atoms with Crippen molar-refractivity contribution in [2.24, 2.45) is 5.92 Å². The number of halogens is 2. The zero-order valence-electron chi connectivity index (χ0n) is 12.2. The number of carbonyl (C=O) groups excluding carboxylic acids is 2. The van der Waals surface area contributed by atoms with Crippen LogP contribution in [-0.4, -0.2) is 23.5 Å². The minimum absolute atomic E-state index is 0.0671. The molecule has 2 aromatic rings. The predicted molar refractivity (Wildman–Crippen MR) is 81.7 cm³/mol. The normalized spacial score (nSPS) is 17.6. The monoisotopic (exact) mass is 337 g/mol. The van der Waals surface area contributed by atoms with Crippen molar-refractivity contribution in [2.45, 2.75) is 13.3 Å². The molecule has 0 saturated carbocycles. The van der Waals surface area contributed by atoms with Crippen LogP contribution in [0.4, 0.5) is 15.9 Å². The standard InChI is InChI=1S/C15H13ClFN3O3/c1-8-4-13(19-23-8)18-15(22)9-5-14(21)20(7-9)10-2-3-12(17)11(16)6-10/h2-4,6,9H,5,7H2,1H3,(H,18,19,22). The van der Waals surface area contributed by atoms with E-state index in [4.69, 9.17) is 16.1 Å². The molecule has 1 N–H and O–H groups in total. The van der Waals surface area contributed by atoms with Crippen LogP contribution in [0, 0.1) is 18.7 Å². The van der Waals surface area contributed by atoms with Crippen LogP contribution in [0.1, 0.15) is 12.2 Å². The van der Waals surface area contributed by atoms with Crippen molar-refractivity contribution < 1.29 is 18.5 Å². The van der Waals surface area contributed by atoms with Gasteiger partial charge in [0.2, 0.25) is 11.8 Å². The lowest BCUT2D eigenvalue weighted by atomic mass is 10.1. The lowest BCUT2D eigenvalue weighted by Gasteiger charge is -2.17. The first-order chi connectivity index (χ1) is 10.9. The summed E-state index contributed by atoms with van der Waals surface area (Å²) in [7, 11) is 0. The molecule has 1 aliphatic heterocycles. The summed E-state index contributed by atoms with van der Waals surface area (Å²) in [5.41, 5.74) is 0.467. The molecule has 2 amide bonds. The Kier molecular flexibility index (Phi) is 4.04. The largest absolute Gasteiger partial charge is 0.360 e. The molecule has 120 valence electrons. The maximum Gasteiger partial charge on any atom is 0.231 e. The SMILES string of the molecule is Cc1cc(NC(=O)C2CC(=O)N(c3ccc(F)c(Cl)c3)C2)no1. The number of hydrogen-bond acceptors (Lipinski definition) is 4. The molecule has 1 aromatic carbocycles. The number of benzene rings is 1. The van der Waals surface area contributed by atoms with Crippen molar-refractivity contribution in [3.63, 3.8) is 0 Å². The fourth-order valence-corrected chi connectivity index (χ4v) is 2.61. The smallest absolute Gasteiger partial charge is 0.231 e. The topological polar surface area (TPSA) is 75.4 Å². The first-order valence-corrected chi connectivity index (χ1v) is 7.31. The van der Waals surface area contributed by atoms with Gasteiger partial charge < -0.3 is 14.7 Å². The van der Waals surface area contributed by atoms with E-state index >= 15 is 0 Å². The molecule has 6 nitrogen and oxygen atoms in total. The molecular formula is C15H13ClFN3O3. The van der Waals surface area contributed by atoms with Crippen LogP contribution in [0.3, 0.4) is 0 Å². The second-order valence-corrected chi connectivity index (χ2v) is 5.72. The molecule has 1 saturated heterocycles. The molecule has 0 spiro atoms. The Morgan fingerprint density at radius 2 is 2.26 bits per heavy atom. The van der Waals surface area contributed by atoms with Crippen molar-refractivity contribution >= 4 is 34.9 Å². The third kappa shape index (κ3) is 3.19. The van der Waals surface area contributed by atoms with Gasteiger partial charge in [-0.1, -0.05) is 16.8 Å². The van der Waals surface area contributed by atoms with Gasteiger partial charge in [0.25, 0.3) is 0 Å². The molecule has 1 unspecified atom stereocenters. The van der Waals surface area contributed by atoms with Crippen LogP contribution in [0.5, 0.6) is 0 Å². The molecule has 0 radical (unpaired) electrons. The lowest BCUT2D eigenvalue weighted by Crippen LogP contribution is -2.28. The van der Waals surface area contributed by atoms with E-state index in [1.165, 1.54) is 23.1 Å². The van der Waals surface area contributed by atoms with E-state index < -0.39 is 11.7 Å². The summed E-state index contributed by atoms with van der Waals surface area (Å²) < 4.78 is 18.1. The van der Waals surface area contributed by atoms with Crippen molar-refractivity contribution in [3.8, 4) is 0 Å². The highest BCUT2D eigenvalue weighted by molar-refractivity contribution is 6.31. The number of amides is 2. The van der Waals surface area contributed by atoms with Gasteiger partial charge in [-0.05, 0) is 25.1 Å². The van der Waals surface area contributed by atoms with Crippen LogP contribution in [-0.2, 0) is 9.59 Å². The first-order valence-electron chi connectivity index (χ1n) is 6.93. The highest BCUT2D eigenvalue weighted by Gasteiger charge is 2.35. The molecule has 0 bridgehead atoms. The van der Waals surface area contributed by atoms with Gasteiger partial charge in [0.05, 0.1) is 10.9 Å². The molecule has 23 heavy (non-hydrogen) atoms. The van der Waals surface area contributed by atoms with Crippen molar-refractivity contribution in [1.29, 1.82) is 0 Å². The fraction of sp³-hybridized carbons (Fsp3) is 0.267. The number of aryl methyl sites for hydroxylation is 1. The minimum atomic E-state index is -0.558. The summed E-state index contributed by atoms with van der Waals surface area (Å²) in [6, 6.07) is 5.61. The summed E-state index contributed by atoms with van der Waals surface area (Å²) in [4.78, 5) is 25.7. The Morgan fingerprint density at radius 3 is 2.91 bits per heavy atom. The highest BCUT2D eigenvalue weighted by Crippen LogP contribution is 2.29. The van der Waals surface area contributed by atoms with E-state index in [9.17, 15) is 14.0 Å². The number of anilines is 2. The lowest BCUT2D eigenvalue weighted by molar-refractivity contribution is -0.122. The third-order valence-electron chi connectivity index (χ3n) is 3.59. The van der Waals surface area contributed by atoms with E-state index in [0.717, 1.165) is 0 Å². The molecule has 1 aromatic heterocycles. The molecule has 0 aliphatic carbocycles. The number of carbonyl (C=O) groups is 2. The van der Waals surface area contributed by atoms with Crippen molar-refractivity contribution in [1.82, 2.24) is 5.16 Å². The van der Waals surface area contributed by atoms with Crippen LogP contribution >= 0.6 is 11.6 Å². The fourth-order valence-electron chi connectivity index (χ4n) is 2.44. The molecule has 1 fully saturated rings. The Balaban J connectivity index is 1.71. The van der Waals surface area contributed by atoms with Gasteiger partial charge in [-0.2, -0.15) is 0 Å². The highest BCUT2D eigenvalue weighted by atomic mass is 35.5. The van der Waals surface area contributed by atoms with Gasteiger partial charge >= 0.3 is 0 Å². The quantitative estimate of drug-likeness (QED) is 0.934.